The summed E-state index contributed by atoms with van der Waals surface area (Å²) in [6.07, 6.45) is 0.00943. The number of benzene rings is 2. The predicted octanol–water partition coefficient (Wildman–Crippen LogP) is 6.70. The quantitative estimate of drug-likeness (QED) is 0.624. The Hall–Kier alpha value is -0.800. The van der Waals surface area contributed by atoms with E-state index in [2.05, 4.69) is 5.32 Å². The molecule has 0 saturated carbocycles. The number of anilines is 1. The molecule has 22 heavy (non-hydrogen) atoms. The fraction of sp³-hybridized carbons (Fsp3) is 0.250. The third-order valence-corrected chi connectivity index (χ3v) is 4.13. The Balaban J connectivity index is 2.11. The number of hydrogen-bond acceptors (Lipinski definition) is 2. The van der Waals surface area contributed by atoms with E-state index in [1.165, 1.54) is 0 Å². The summed E-state index contributed by atoms with van der Waals surface area (Å²) in [6, 6.07) is 9.02. The molecule has 1 N–H and O–H groups in total. The van der Waals surface area contributed by atoms with Crippen LogP contribution in [0.4, 0.5) is 5.69 Å². The second-order valence-electron chi connectivity index (χ2n) is 5.04. The lowest BCUT2D eigenvalue weighted by Crippen LogP contribution is -2.07. The standard InChI is InChI=1S/C16H15Cl4NO/c1-9(2)22-16-14(19)5-10(6-15(16)20)8-21-11-3-4-12(17)13(18)7-11/h3-7,9,21H,8H2,1-2H3. The highest BCUT2D eigenvalue weighted by Gasteiger charge is 2.11. The first-order chi connectivity index (χ1) is 10.4. The molecular formula is C16H15Cl4NO. The van der Waals surface area contributed by atoms with Crippen LogP contribution in [0.1, 0.15) is 19.4 Å². The van der Waals surface area contributed by atoms with Gasteiger partial charge >= 0.3 is 0 Å². The van der Waals surface area contributed by atoms with E-state index in [9.17, 15) is 0 Å². The lowest BCUT2D eigenvalue weighted by Gasteiger charge is -2.15. The van der Waals surface area contributed by atoms with E-state index in [1.807, 2.05) is 32.0 Å². The molecule has 2 aromatic rings. The Kier molecular flexibility index (Phi) is 6.10. The van der Waals surface area contributed by atoms with Crippen LogP contribution in [0.2, 0.25) is 20.1 Å². The molecule has 0 unspecified atom stereocenters. The van der Waals surface area contributed by atoms with Crippen LogP contribution in [0, 0.1) is 0 Å². The molecular weight excluding hydrogens is 364 g/mol. The van der Waals surface area contributed by atoms with Gasteiger partial charge < -0.3 is 10.1 Å². The van der Waals surface area contributed by atoms with E-state index in [0.29, 0.717) is 32.4 Å². The van der Waals surface area contributed by atoms with Crippen molar-refractivity contribution >= 4 is 52.1 Å². The topological polar surface area (TPSA) is 21.3 Å². The van der Waals surface area contributed by atoms with Crippen molar-refractivity contribution in [2.24, 2.45) is 0 Å². The Bertz CT molecular complexity index is 650. The largest absolute Gasteiger partial charge is 0.488 e. The van der Waals surface area contributed by atoms with Crippen molar-refractivity contribution in [1.82, 2.24) is 0 Å². The molecule has 0 radical (unpaired) electrons. The Morgan fingerprint density at radius 1 is 0.909 bits per heavy atom. The Morgan fingerprint density at radius 3 is 2.09 bits per heavy atom. The molecule has 0 atom stereocenters. The summed E-state index contributed by atoms with van der Waals surface area (Å²) in [7, 11) is 0. The van der Waals surface area contributed by atoms with Crippen molar-refractivity contribution in [3.8, 4) is 5.75 Å². The second kappa shape index (κ2) is 7.65. The average molecular weight is 379 g/mol. The first-order valence-electron chi connectivity index (χ1n) is 6.70. The summed E-state index contributed by atoms with van der Waals surface area (Å²) in [6.45, 7) is 4.40. The molecule has 2 aromatic carbocycles. The highest BCUT2D eigenvalue weighted by molar-refractivity contribution is 6.42. The molecule has 0 aromatic heterocycles. The molecule has 0 spiro atoms. The normalized spacial score (nSPS) is 10.9. The van der Waals surface area contributed by atoms with Crippen LogP contribution < -0.4 is 10.1 Å². The molecule has 0 amide bonds. The van der Waals surface area contributed by atoms with Gasteiger partial charge in [0.25, 0.3) is 0 Å². The number of hydrogen-bond donors (Lipinski definition) is 1. The van der Waals surface area contributed by atoms with Crippen LogP contribution in [-0.2, 0) is 6.54 Å². The maximum Gasteiger partial charge on any atom is 0.156 e. The summed E-state index contributed by atoms with van der Waals surface area (Å²) >= 11 is 24.3. The fourth-order valence-corrected chi connectivity index (χ4v) is 2.79. The fourth-order valence-electron chi connectivity index (χ4n) is 1.87. The number of ether oxygens (including phenoxy) is 1. The van der Waals surface area contributed by atoms with Crippen LogP contribution in [0.15, 0.2) is 30.3 Å². The van der Waals surface area contributed by atoms with Crippen LogP contribution in [0.5, 0.6) is 5.75 Å². The van der Waals surface area contributed by atoms with Gasteiger partial charge in [-0.1, -0.05) is 46.4 Å². The molecule has 0 bridgehead atoms. The highest BCUT2D eigenvalue weighted by atomic mass is 35.5. The summed E-state index contributed by atoms with van der Waals surface area (Å²) < 4.78 is 5.61. The lowest BCUT2D eigenvalue weighted by molar-refractivity contribution is 0.242. The van der Waals surface area contributed by atoms with E-state index >= 15 is 0 Å². The molecule has 6 heteroatoms. The molecule has 0 aliphatic carbocycles. The molecule has 2 rings (SSSR count). The van der Waals surface area contributed by atoms with Gasteiger partial charge in [-0.25, -0.2) is 0 Å². The predicted molar refractivity (Wildman–Crippen MR) is 96.0 cm³/mol. The van der Waals surface area contributed by atoms with Crippen molar-refractivity contribution in [1.29, 1.82) is 0 Å². The highest BCUT2D eigenvalue weighted by Crippen LogP contribution is 2.35. The average Bonchev–Trinajstić information content (AvgIpc) is 2.44. The van der Waals surface area contributed by atoms with Crippen molar-refractivity contribution < 1.29 is 4.74 Å². The SMILES string of the molecule is CC(C)Oc1c(Cl)cc(CNc2ccc(Cl)c(Cl)c2)cc1Cl. The maximum atomic E-state index is 6.23. The van der Waals surface area contributed by atoms with Crippen molar-refractivity contribution in [3.63, 3.8) is 0 Å². The van der Waals surface area contributed by atoms with Crippen LogP contribution >= 0.6 is 46.4 Å². The van der Waals surface area contributed by atoms with E-state index in [1.54, 1.807) is 12.1 Å². The maximum absolute atomic E-state index is 6.23. The van der Waals surface area contributed by atoms with Gasteiger partial charge in [0.15, 0.2) is 5.75 Å². The summed E-state index contributed by atoms with van der Waals surface area (Å²) in [5.41, 5.74) is 1.81. The summed E-state index contributed by atoms with van der Waals surface area (Å²) in [5, 5.41) is 5.25. The molecule has 0 saturated heterocycles. The first kappa shape index (κ1) is 17.6. The number of nitrogens with one attached hydrogen (secondary N) is 1. The van der Waals surface area contributed by atoms with Crippen LogP contribution in [0.25, 0.3) is 0 Å². The van der Waals surface area contributed by atoms with Gasteiger partial charge in [0.1, 0.15) is 0 Å². The number of halogens is 4. The zero-order valence-corrected chi connectivity index (χ0v) is 15.1. The van der Waals surface area contributed by atoms with E-state index in [0.717, 1.165) is 11.3 Å². The second-order valence-corrected chi connectivity index (χ2v) is 6.67. The van der Waals surface area contributed by atoms with Gasteiger partial charge in [0.2, 0.25) is 0 Å². The summed E-state index contributed by atoms with van der Waals surface area (Å²) in [5.74, 6) is 0.511. The van der Waals surface area contributed by atoms with E-state index in [4.69, 9.17) is 51.1 Å². The van der Waals surface area contributed by atoms with Crippen LogP contribution in [-0.4, -0.2) is 6.10 Å². The monoisotopic (exact) mass is 377 g/mol. The van der Waals surface area contributed by atoms with Crippen molar-refractivity contribution in [3.05, 3.63) is 56.0 Å². The Morgan fingerprint density at radius 2 is 1.55 bits per heavy atom. The molecule has 0 aliphatic heterocycles. The van der Waals surface area contributed by atoms with E-state index in [-0.39, 0.29) is 6.10 Å². The minimum atomic E-state index is 0.00943. The molecule has 118 valence electrons. The van der Waals surface area contributed by atoms with Gasteiger partial charge in [0.05, 0.1) is 26.2 Å². The van der Waals surface area contributed by atoms with Gasteiger partial charge in [0, 0.05) is 12.2 Å². The number of rotatable bonds is 5. The smallest absolute Gasteiger partial charge is 0.156 e. The molecule has 0 heterocycles. The van der Waals surface area contributed by atoms with E-state index < -0.39 is 0 Å². The van der Waals surface area contributed by atoms with Gasteiger partial charge in [-0.2, -0.15) is 0 Å². The van der Waals surface area contributed by atoms with Crippen molar-refractivity contribution in [2.45, 2.75) is 26.5 Å². The zero-order valence-electron chi connectivity index (χ0n) is 12.1. The zero-order chi connectivity index (χ0) is 16.3. The van der Waals surface area contributed by atoms with Gasteiger partial charge in [-0.3, -0.25) is 0 Å². The van der Waals surface area contributed by atoms with Crippen LogP contribution in [0.3, 0.4) is 0 Å². The third-order valence-electron chi connectivity index (χ3n) is 2.83. The molecule has 0 fully saturated rings. The van der Waals surface area contributed by atoms with Crippen molar-refractivity contribution in [2.75, 3.05) is 5.32 Å². The van der Waals surface area contributed by atoms with Gasteiger partial charge in [-0.15, -0.1) is 0 Å². The summed E-state index contributed by atoms with van der Waals surface area (Å²) in [4.78, 5) is 0. The van der Waals surface area contributed by atoms with Gasteiger partial charge in [-0.05, 0) is 49.7 Å². The molecule has 0 aliphatic rings. The molecule has 2 nitrogen and oxygen atoms in total. The lowest BCUT2D eigenvalue weighted by atomic mass is 10.2. The minimum Gasteiger partial charge on any atom is -0.488 e. The third kappa shape index (κ3) is 4.60. The minimum absolute atomic E-state index is 0.00943. The first-order valence-corrected chi connectivity index (χ1v) is 8.21. The Labute approximate surface area is 150 Å².